The van der Waals surface area contributed by atoms with Crippen LogP contribution in [0.25, 0.3) is 10.1 Å². The van der Waals surface area contributed by atoms with Gasteiger partial charge in [-0.2, -0.15) is 0 Å². The van der Waals surface area contributed by atoms with Gasteiger partial charge in [0.15, 0.2) is 0 Å². The Morgan fingerprint density at radius 1 is 1.24 bits per heavy atom. The SMILES string of the molecule is Cc1cc(NC(=O)c2sc3ccccc3c2Cl)ccc1Br. The number of carbonyl (C=O) groups excluding carboxylic acids is 1. The standard InChI is InChI=1S/C16H11BrClNOS/c1-9-8-10(6-7-12(9)17)19-16(20)15-14(18)11-4-2-3-5-13(11)21-15/h2-8H,1H3,(H,19,20). The van der Waals surface area contributed by atoms with E-state index in [4.69, 9.17) is 11.6 Å². The van der Waals surface area contributed by atoms with Crippen molar-refractivity contribution in [3.8, 4) is 0 Å². The van der Waals surface area contributed by atoms with E-state index >= 15 is 0 Å². The molecule has 0 unspecified atom stereocenters. The molecule has 2 nitrogen and oxygen atoms in total. The Bertz CT molecular complexity index is 843. The molecule has 21 heavy (non-hydrogen) atoms. The molecule has 2 aromatic carbocycles. The van der Waals surface area contributed by atoms with Crippen LogP contribution in [0.3, 0.4) is 0 Å². The van der Waals surface area contributed by atoms with Crippen LogP contribution in [0.1, 0.15) is 15.2 Å². The van der Waals surface area contributed by atoms with Crippen LogP contribution < -0.4 is 5.32 Å². The molecular formula is C16H11BrClNOS. The molecule has 0 aliphatic heterocycles. The molecule has 0 atom stereocenters. The summed E-state index contributed by atoms with van der Waals surface area (Å²) in [4.78, 5) is 12.9. The maximum absolute atomic E-state index is 12.4. The van der Waals surface area contributed by atoms with Crippen LogP contribution in [0.5, 0.6) is 0 Å². The summed E-state index contributed by atoms with van der Waals surface area (Å²) in [5.74, 6) is -0.178. The predicted molar refractivity (Wildman–Crippen MR) is 93.7 cm³/mol. The Morgan fingerprint density at radius 2 is 2.00 bits per heavy atom. The van der Waals surface area contributed by atoms with Gasteiger partial charge in [-0.3, -0.25) is 4.79 Å². The van der Waals surface area contributed by atoms with Crippen molar-refractivity contribution in [1.29, 1.82) is 0 Å². The van der Waals surface area contributed by atoms with Crippen molar-refractivity contribution in [1.82, 2.24) is 0 Å². The monoisotopic (exact) mass is 379 g/mol. The van der Waals surface area contributed by atoms with Crippen LogP contribution in [-0.4, -0.2) is 5.91 Å². The van der Waals surface area contributed by atoms with Crippen molar-refractivity contribution in [2.45, 2.75) is 6.92 Å². The predicted octanol–water partition coefficient (Wildman–Crippen LogP) is 5.88. The van der Waals surface area contributed by atoms with Gasteiger partial charge in [0, 0.05) is 20.2 Å². The number of carbonyl (C=O) groups is 1. The van der Waals surface area contributed by atoms with Gasteiger partial charge in [0.2, 0.25) is 0 Å². The molecule has 0 bridgehead atoms. The quantitative estimate of drug-likeness (QED) is 0.591. The molecule has 0 saturated carbocycles. The van der Waals surface area contributed by atoms with Gasteiger partial charge in [0.25, 0.3) is 5.91 Å². The average molecular weight is 381 g/mol. The van der Waals surface area contributed by atoms with Crippen molar-refractivity contribution in [2.75, 3.05) is 5.32 Å². The molecule has 0 aliphatic rings. The van der Waals surface area contributed by atoms with Gasteiger partial charge >= 0.3 is 0 Å². The van der Waals surface area contributed by atoms with Gasteiger partial charge < -0.3 is 5.32 Å². The number of hydrogen-bond acceptors (Lipinski definition) is 2. The third-order valence-electron chi connectivity index (χ3n) is 3.16. The lowest BCUT2D eigenvalue weighted by atomic mass is 10.2. The van der Waals surface area contributed by atoms with Crippen LogP contribution in [-0.2, 0) is 0 Å². The summed E-state index contributed by atoms with van der Waals surface area (Å²) in [6, 6.07) is 13.4. The molecule has 0 aliphatic carbocycles. The van der Waals surface area contributed by atoms with E-state index in [0.29, 0.717) is 9.90 Å². The number of aryl methyl sites for hydroxylation is 1. The molecule has 0 radical (unpaired) electrons. The van der Waals surface area contributed by atoms with E-state index in [9.17, 15) is 4.79 Å². The lowest BCUT2D eigenvalue weighted by Crippen LogP contribution is -2.10. The van der Waals surface area contributed by atoms with E-state index in [0.717, 1.165) is 25.8 Å². The zero-order valence-electron chi connectivity index (χ0n) is 11.1. The van der Waals surface area contributed by atoms with Crippen LogP contribution in [0.15, 0.2) is 46.9 Å². The highest BCUT2D eigenvalue weighted by atomic mass is 79.9. The molecule has 1 aromatic heterocycles. The van der Waals surface area contributed by atoms with Gasteiger partial charge in [-0.15, -0.1) is 11.3 Å². The lowest BCUT2D eigenvalue weighted by molar-refractivity contribution is 0.103. The molecule has 0 spiro atoms. The summed E-state index contributed by atoms with van der Waals surface area (Å²) in [7, 11) is 0. The summed E-state index contributed by atoms with van der Waals surface area (Å²) in [5.41, 5.74) is 1.82. The molecule has 5 heteroatoms. The van der Waals surface area contributed by atoms with Gasteiger partial charge in [0.1, 0.15) is 4.88 Å². The summed E-state index contributed by atoms with van der Waals surface area (Å²) in [6.07, 6.45) is 0. The molecule has 3 rings (SSSR count). The lowest BCUT2D eigenvalue weighted by Gasteiger charge is -2.06. The van der Waals surface area contributed by atoms with Crippen molar-refractivity contribution in [2.24, 2.45) is 0 Å². The first-order valence-electron chi connectivity index (χ1n) is 6.31. The summed E-state index contributed by atoms with van der Waals surface area (Å²) in [6.45, 7) is 1.98. The van der Waals surface area contributed by atoms with Crippen LogP contribution in [0.4, 0.5) is 5.69 Å². The third-order valence-corrected chi connectivity index (χ3v) is 5.72. The number of thiophene rings is 1. The fraction of sp³-hybridized carbons (Fsp3) is 0.0625. The van der Waals surface area contributed by atoms with Crippen LogP contribution >= 0.6 is 38.9 Å². The normalized spacial score (nSPS) is 10.8. The van der Waals surface area contributed by atoms with E-state index in [1.54, 1.807) is 0 Å². The van der Waals surface area contributed by atoms with E-state index in [2.05, 4.69) is 21.2 Å². The summed E-state index contributed by atoms with van der Waals surface area (Å²) < 4.78 is 2.03. The zero-order valence-corrected chi connectivity index (χ0v) is 14.3. The number of rotatable bonds is 2. The average Bonchev–Trinajstić information content (AvgIpc) is 2.81. The second-order valence-electron chi connectivity index (χ2n) is 4.66. The molecule has 0 fully saturated rings. The Balaban J connectivity index is 1.93. The van der Waals surface area contributed by atoms with Crippen LogP contribution in [0.2, 0.25) is 5.02 Å². The maximum atomic E-state index is 12.4. The number of hydrogen-bond donors (Lipinski definition) is 1. The Hall–Kier alpha value is -1.36. The maximum Gasteiger partial charge on any atom is 0.267 e. The molecule has 106 valence electrons. The van der Waals surface area contributed by atoms with Gasteiger partial charge in [-0.05, 0) is 36.8 Å². The number of anilines is 1. The van der Waals surface area contributed by atoms with Crippen LogP contribution in [0, 0.1) is 6.92 Å². The van der Waals surface area contributed by atoms with Crippen molar-refractivity contribution >= 4 is 60.5 Å². The number of nitrogens with one attached hydrogen (secondary N) is 1. The number of halogens is 2. The minimum atomic E-state index is -0.178. The molecule has 1 N–H and O–H groups in total. The highest BCUT2D eigenvalue weighted by Crippen LogP contribution is 2.35. The first-order chi connectivity index (χ1) is 10.1. The van der Waals surface area contributed by atoms with Crippen molar-refractivity contribution < 1.29 is 4.79 Å². The minimum Gasteiger partial charge on any atom is -0.321 e. The second kappa shape index (κ2) is 5.79. The zero-order chi connectivity index (χ0) is 15.0. The largest absolute Gasteiger partial charge is 0.321 e. The van der Waals surface area contributed by atoms with Crippen molar-refractivity contribution in [3.05, 3.63) is 62.4 Å². The number of fused-ring (bicyclic) bond motifs is 1. The molecule has 1 heterocycles. The molecule has 0 saturated heterocycles. The Morgan fingerprint density at radius 3 is 2.71 bits per heavy atom. The molecular weight excluding hydrogens is 370 g/mol. The first-order valence-corrected chi connectivity index (χ1v) is 8.29. The summed E-state index contributed by atoms with van der Waals surface area (Å²) in [5, 5.41) is 4.33. The topological polar surface area (TPSA) is 29.1 Å². The Kier molecular flexibility index (Phi) is 4.02. The highest BCUT2D eigenvalue weighted by molar-refractivity contribution is 9.10. The highest BCUT2D eigenvalue weighted by Gasteiger charge is 2.17. The second-order valence-corrected chi connectivity index (χ2v) is 6.94. The van der Waals surface area contributed by atoms with E-state index in [-0.39, 0.29) is 5.91 Å². The fourth-order valence-electron chi connectivity index (χ4n) is 2.07. The fourth-order valence-corrected chi connectivity index (χ4v) is 3.73. The van der Waals surface area contributed by atoms with Crippen molar-refractivity contribution in [3.63, 3.8) is 0 Å². The molecule has 3 aromatic rings. The minimum absolute atomic E-state index is 0.178. The van der Waals surface area contributed by atoms with E-state index in [1.165, 1.54) is 11.3 Å². The van der Waals surface area contributed by atoms with Gasteiger partial charge in [-0.25, -0.2) is 0 Å². The number of amides is 1. The first kappa shape index (κ1) is 14.6. The summed E-state index contributed by atoms with van der Waals surface area (Å²) >= 11 is 11.2. The van der Waals surface area contributed by atoms with E-state index < -0.39 is 0 Å². The van der Waals surface area contributed by atoms with Gasteiger partial charge in [0.05, 0.1) is 5.02 Å². The molecule has 1 amide bonds. The smallest absolute Gasteiger partial charge is 0.267 e. The van der Waals surface area contributed by atoms with E-state index in [1.807, 2.05) is 49.4 Å². The third kappa shape index (κ3) is 2.84. The Labute approximate surface area is 139 Å². The van der Waals surface area contributed by atoms with Gasteiger partial charge in [-0.1, -0.05) is 45.7 Å². The number of benzene rings is 2.